The Kier molecular flexibility index (Phi) is 4.69. The molecule has 0 aliphatic carbocycles. The summed E-state index contributed by atoms with van der Waals surface area (Å²) >= 11 is 0. The third-order valence-corrected chi connectivity index (χ3v) is 5.07. The van der Waals surface area contributed by atoms with Gasteiger partial charge in [0.25, 0.3) is 0 Å². The van der Waals surface area contributed by atoms with Crippen LogP contribution in [0.3, 0.4) is 0 Å². The van der Waals surface area contributed by atoms with E-state index >= 15 is 0 Å². The second-order valence-electron chi connectivity index (χ2n) is 6.37. The van der Waals surface area contributed by atoms with Crippen LogP contribution in [0.1, 0.15) is 51.6 Å². The van der Waals surface area contributed by atoms with E-state index in [9.17, 15) is 4.39 Å². The largest absolute Gasteiger partial charge is 0.369 e. The van der Waals surface area contributed by atoms with E-state index in [1.165, 1.54) is 6.42 Å². The van der Waals surface area contributed by atoms with E-state index in [2.05, 4.69) is 24.1 Å². The smallest absolute Gasteiger partial charge is 0.146 e. The van der Waals surface area contributed by atoms with Crippen LogP contribution in [-0.2, 0) is 0 Å². The first-order valence-corrected chi connectivity index (χ1v) is 7.71. The van der Waals surface area contributed by atoms with Gasteiger partial charge in [0.15, 0.2) is 0 Å². The van der Waals surface area contributed by atoms with Gasteiger partial charge in [-0.3, -0.25) is 0 Å². The summed E-state index contributed by atoms with van der Waals surface area (Å²) in [4.78, 5) is 2.20. The first-order valence-electron chi connectivity index (χ1n) is 7.71. The summed E-state index contributed by atoms with van der Waals surface area (Å²) in [7, 11) is 1.90. The number of halogens is 1. The number of anilines is 1. The fraction of sp³-hybridized carbons (Fsp3) is 0.647. The van der Waals surface area contributed by atoms with Gasteiger partial charge in [0.1, 0.15) is 5.82 Å². The van der Waals surface area contributed by atoms with Crippen molar-refractivity contribution in [1.29, 1.82) is 0 Å². The van der Waals surface area contributed by atoms with E-state index in [0.717, 1.165) is 37.2 Å². The molecule has 1 unspecified atom stereocenters. The summed E-state index contributed by atoms with van der Waals surface area (Å²) in [6.07, 6.45) is 3.51. The lowest BCUT2D eigenvalue weighted by atomic mass is 9.78. The molecule has 1 aromatic carbocycles. The van der Waals surface area contributed by atoms with Gasteiger partial charge in [0.2, 0.25) is 0 Å². The second kappa shape index (κ2) is 6.13. The minimum Gasteiger partial charge on any atom is -0.369 e. The Hall–Kier alpha value is -1.09. The van der Waals surface area contributed by atoms with Crippen molar-refractivity contribution >= 4 is 5.69 Å². The zero-order valence-electron chi connectivity index (χ0n) is 13.2. The van der Waals surface area contributed by atoms with Crippen molar-refractivity contribution in [1.82, 2.24) is 5.32 Å². The van der Waals surface area contributed by atoms with Crippen molar-refractivity contribution in [2.24, 2.45) is 5.41 Å². The molecule has 2 rings (SSSR count). The fourth-order valence-electron chi connectivity index (χ4n) is 2.86. The number of hydrogen-bond acceptors (Lipinski definition) is 2. The fourth-order valence-corrected chi connectivity index (χ4v) is 2.86. The highest BCUT2D eigenvalue weighted by Gasteiger charge is 2.29. The molecule has 0 radical (unpaired) electrons. The first kappa shape index (κ1) is 15.3. The Labute approximate surface area is 122 Å². The monoisotopic (exact) mass is 278 g/mol. The topological polar surface area (TPSA) is 15.3 Å². The third-order valence-electron chi connectivity index (χ3n) is 5.07. The van der Waals surface area contributed by atoms with Crippen LogP contribution in [0.4, 0.5) is 10.1 Å². The molecule has 112 valence electrons. The Morgan fingerprint density at radius 3 is 2.50 bits per heavy atom. The highest BCUT2D eigenvalue weighted by Crippen LogP contribution is 2.36. The lowest BCUT2D eigenvalue weighted by Gasteiger charge is -2.40. The lowest BCUT2D eigenvalue weighted by Crippen LogP contribution is -2.38. The van der Waals surface area contributed by atoms with Crippen molar-refractivity contribution in [2.45, 2.75) is 46.1 Å². The number of rotatable bonds is 4. The van der Waals surface area contributed by atoms with Crippen LogP contribution >= 0.6 is 0 Å². The minimum atomic E-state index is -0.0929. The summed E-state index contributed by atoms with van der Waals surface area (Å²) in [5.41, 5.74) is 2.20. The number of benzene rings is 1. The molecule has 0 amide bonds. The Balaban J connectivity index is 2.11. The van der Waals surface area contributed by atoms with Gasteiger partial charge in [-0.15, -0.1) is 0 Å². The Morgan fingerprint density at radius 1 is 1.35 bits per heavy atom. The summed E-state index contributed by atoms with van der Waals surface area (Å²) in [5.74, 6) is -0.0929. The number of nitrogens with one attached hydrogen (secondary N) is 1. The van der Waals surface area contributed by atoms with Crippen molar-refractivity contribution in [3.8, 4) is 0 Å². The molecule has 3 heteroatoms. The highest BCUT2D eigenvalue weighted by molar-refractivity contribution is 5.50. The first-order chi connectivity index (χ1) is 9.49. The summed E-state index contributed by atoms with van der Waals surface area (Å²) in [5, 5.41) is 3.15. The maximum Gasteiger partial charge on any atom is 0.146 e. The van der Waals surface area contributed by atoms with E-state index in [1.807, 2.05) is 26.1 Å². The van der Waals surface area contributed by atoms with Crippen LogP contribution in [0.2, 0.25) is 0 Å². The number of nitrogens with zero attached hydrogens (tertiary/aromatic N) is 1. The third kappa shape index (κ3) is 3.14. The van der Waals surface area contributed by atoms with E-state index in [0.29, 0.717) is 5.41 Å². The predicted molar refractivity (Wildman–Crippen MR) is 83.7 cm³/mol. The van der Waals surface area contributed by atoms with Gasteiger partial charge in [0.05, 0.1) is 5.69 Å². The van der Waals surface area contributed by atoms with Crippen LogP contribution in [0.15, 0.2) is 18.2 Å². The molecule has 1 saturated heterocycles. The summed E-state index contributed by atoms with van der Waals surface area (Å²) < 4.78 is 14.3. The molecular weight excluding hydrogens is 251 g/mol. The molecule has 0 saturated carbocycles. The normalized spacial score (nSPS) is 19.9. The minimum absolute atomic E-state index is 0.0929. The van der Waals surface area contributed by atoms with Crippen molar-refractivity contribution < 1.29 is 4.39 Å². The average Bonchev–Trinajstić information content (AvgIpc) is 2.47. The molecule has 1 aromatic rings. The molecule has 1 heterocycles. The molecule has 1 aliphatic heterocycles. The van der Waals surface area contributed by atoms with Gasteiger partial charge in [-0.2, -0.15) is 0 Å². The zero-order chi connectivity index (χ0) is 14.8. The number of hydrogen-bond donors (Lipinski definition) is 1. The van der Waals surface area contributed by atoms with Crippen LogP contribution in [0.5, 0.6) is 0 Å². The predicted octanol–water partition coefficient (Wildman–Crippen LogP) is 4.12. The van der Waals surface area contributed by atoms with E-state index in [4.69, 9.17) is 0 Å². The molecule has 20 heavy (non-hydrogen) atoms. The van der Waals surface area contributed by atoms with Crippen LogP contribution in [-0.4, -0.2) is 20.1 Å². The highest BCUT2D eigenvalue weighted by atomic mass is 19.1. The van der Waals surface area contributed by atoms with Gasteiger partial charge >= 0.3 is 0 Å². The lowest BCUT2D eigenvalue weighted by molar-refractivity contribution is 0.237. The summed E-state index contributed by atoms with van der Waals surface area (Å²) in [6, 6.07) is 5.83. The molecule has 0 aromatic heterocycles. The molecular formula is C17H27FN2. The molecule has 1 fully saturated rings. The van der Waals surface area contributed by atoms with Crippen molar-refractivity contribution in [3.05, 3.63) is 29.6 Å². The zero-order valence-corrected chi connectivity index (χ0v) is 13.2. The Morgan fingerprint density at radius 2 is 2.00 bits per heavy atom. The SMILES string of the molecule is CCC1(C)CCN(c2ccc(C(C)NC)cc2F)CC1. The van der Waals surface area contributed by atoms with Crippen molar-refractivity contribution in [2.75, 3.05) is 25.0 Å². The van der Waals surface area contributed by atoms with E-state index in [-0.39, 0.29) is 11.9 Å². The van der Waals surface area contributed by atoms with Gasteiger partial charge in [0, 0.05) is 19.1 Å². The quantitative estimate of drug-likeness (QED) is 0.891. The van der Waals surface area contributed by atoms with Crippen LogP contribution in [0, 0.1) is 11.2 Å². The molecule has 1 atom stereocenters. The van der Waals surface area contributed by atoms with Gasteiger partial charge < -0.3 is 10.2 Å². The molecule has 0 bridgehead atoms. The second-order valence-corrected chi connectivity index (χ2v) is 6.37. The number of piperidine rings is 1. The van der Waals surface area contributed by atoms with Crippen molar-refractivity contribution in [3.63, 3.8) is 0 Å². The summed E-state index contributed by atoms with van der Waals surface area (Å²) in [6.45, 7) is 8.56. The standard InChI is InChI=1S/C17H27FN2/c1-5-17(3)8-10-20(11-9-17)16-7-6-14(12-15(16)18)13(2)19-4/h6-7,12-13,19H,5,8-11H2,1-4H3. The van der Waals surface area contributed by atoms with Crippen LogP contribution < -0.4 is 10.2 Å². The average molecular weight is 278 g/mol. The van der Waals surface area contributed by atoms with E-state index < -0.39 is 0 Å². The van der Waals surface area contributed by atoms with Gasteiger partial charge in [-0.05, 0) is 49.9 Å². The molecule has 0 spiro atoms. The molecule has 2 nitrogen and oxygen atoms in total. The molecule has 1 N–H and O–H groups in total. The Bertz CT molecular complexity index is 450. The van der Waals surface area contributed by atoms with Gasteiger partial charge in [-0.25, -0.2) is 4.39 Å². The molecule has 1 aliphatic rings. The van der Waals surface area contributed by atoms with Crippen LogP contribution in [0.25, 0.3) is 0 Å². The van der Waals surface area contributed by atoms with E-state index in [1.54, 1.807) is 6.07 Å². The maximum absolute atomic E-state index is 14.3. The maximum atomic E-state index is 14.3. The van der Waals surface area contributed by atoms with Gasteiger partial charge in [-0.1, -0.05) is 26.3 Å².